The summed E-state index contributed by atoms with van der Waals surface area (Å²) in [5, 5.41) is 5.76. The number of carbonyl (C=O) groups excluding carboxylic acids is 1. The van der Waals surface area contributed by atoms with Crippen molar-refractivity contribution in [3.05, 3.63) is 11.1 Å². The average Bonchev–Trinajstić information content (AvgIpc) is 2.00. The van der Waals surface area contributed by atoms with Crippen molar-refractivity contribution in [1.29, 1.82) is 0 Å². The maximum atomic E-state index is 11.1. The fraction of sp³-hybridized carbons (Fsp3) is 0.667. The Balaban J connectivity index is 3.35. The van der Waals surface area contributed by atoms with Crippen LogP contribution >= 0.6 is 15.9 Å². The van der Waals surface area contributed by atoms with Crippen LogP contribution in [-0.2, 0) is 4.79 Å². The van der Waals surface area contributed by atoms with E-state index in [1.807, 2.05) is 0 Å². The third kappa shape index (κ3) is 9.56. The van der Waals surface area contributed by atoms with E-state index in [0.717, 1.165) is 11.0 Å². The maximum absolute atomic E-state index is 11.1. The summed E-state index contributed by atoms with van der Waals surface area (Å²) in [5.41, 5.74) is 0. The van der Waals surface area contributed by atoms with E-state index >= 15 is 0 Å². The van der Waals surface area contributed by atoms with Crippen LogP contribution < -0.4 is 10.6 Å². The first-order valence-corrected chi connectivity index (χ1v) is 5.12. The lowest BCUT2D eigenvalue weighted by molar-refractivity contribution is -0.120. The molecule has 0 aliphatic rings. The van der Waals surface area contributed by atoms with Crippen LogP contribution in [0.15, 0.2) is 11.1 Å². The van der Waals surface area contributed by atoms with Crippen molar-refractivity contribution in [2.75, 3.05) is 19.6 Å². The van der Waals surface area contributed by atoms with Gasteiger partial charge in [-0.1, -0.05) is 36.4 Å². The molecule has 0 rings (SSSR count). The second-order valence-corrected chi connectivity index (χ2v) is 4.44. The SMILES string of the molecule is C=C(Br)CNCC(=O)NCC(C)C. The van der Waals surface area contributed by atoms with Gasteiger partial charge in [0.1, 0.15) is 0 Å². The van der Waals surface area contributed by atoms with Gasteiger partial charge in [0.15, 0.2) is 0 Å². The molecule has 1 amide bonds. The summed E-state index contributed by atoms with van der Waals surface area (Å²) in [6, 6.07) is 0. The van der Waals surface area contributed by atoms with Crippen molar-refractivity contribution >= 4 is 21.8 Å². The Kier molecular flexibility index (Phi) is 6.90. The van der Waals surface area contributed by atoms with E-state index in [4.69, 9.17) is 0 Å². The molecule has 0 radical (unpaired) electrons. The highest BCUT2D eigenvalue weighted by molar-refractivity contribution is 9.11. The number of rotatable bonds is 6. The van der Waals surface area contributed by atoms with E-state index in [0.29, 0.717) is 19.0 Å². The van der Waals surface area contributed by atoms with Crippen LogP contribution in [0.2, 0.25) is 0 Å². The Morgan fingerprint density at radius 3 is 2.54 bits per heavy atom. The van der Waals surface area contributed by atoms with Crippen LogP contribution in [0.1, 0.15) is 13.8 Å². The van der Waals surface area contributed by atoms with Crippen LogP contribution in [0.3, 0.4) is 0 Å². The van der Waals surface area contributed by atoms with Gasteiger partial charge in [-0.15, -0.1) is 0 Å². The molecule has 0 fully saturated rings. The van der Waals surface area contributed by atoms with Gasteiger partial charge in [0, 0.05) is 17.6 Å². The standard InChI is InChI=1S/C9H17BrN2O/c1-7(2)4-12-9(13)6-11-5-8(3)10/h7,11H,3-6H2,1-2H3,(H,12,13). The molecule has 0 aliphatic heterocycles. The molecule has 0 aromatic heterocycles. The van der Waals surface area contributed by atoms with Crippen LogP contribution in [0, 0.1) is 5.92 Å². The molecule has 0 spiro atoms. The Morgan fingerprint density at radius 1 is 1.46 bits per heavy atom. The number of amides is 1. The number of carbonyl (C=O) groups is 1. The fourth-order valence-corrected chi connectivity index (χ4v) is 0.890. The van der Waals surface area contributed by atoms with Gasteiger partial charge in [0.2, 0.25) is 5.91 Å². The van der Waals surface area contributed by atoms with Crippen molar-refractivity contribution in [2.45, 2.75) is 13.8 Å². The molecule has 4 heteroatoms. The molecule has 0 atom stereocenters. The zero-order valence-electron chi connectivity index (χ0n) is 8.19. The molecular weight excluding hydrogens is 232 g/mol. The van der Waals surface area contributed by atoms with Gasteiger partial charge >= 0.3 is 0 Å². The van der Waals surface area contributed by atoms with Gasteiger partial charge in [0.05, 0.1) is 6.54 Å². The molecule has 0 saturated heterocycles. The minimum Gasteiger partial charge on any atom is -0.355 e. The van der Waals surface area contributed by atoms with Crippen LogP contribution in [-0.4, -0.2) is 25.5 Å². The first kappa shape index (κ1) is 12.7. The van der Waals surface area contributed by atoms with E-state index in [1.54, 1.807) is 0 Å². The van der Waals surface area contributed by atoms with E-state index in [2.05, 4.69) is 47.0 Å². The Labute approximate surface area is 88.1 Å². The van der Waals surface area contributed by atoms with Gasteiger partial charge in [-0.3, -0.25) is 4.79 Å². The van der Waals surface area contributed by atoms with Gasteiger partial charge in [-0.25, -0.2) is 0 Å². The molecule has 0 unspecified atom stereocenters. The average molecular weight is 249 g/mol. The van der Waals surface area contributed by atoms with Gasteiger partial charge in [-0.2, -0.15) is 0 Å². The highest BCUT2D eigenvalue weighted by Crippen LogP contribution is 1.95. The molecule has 2 N–H and O–H groups in total. The lowest BCUT2D eigenvalue weighted by atomic mass is 10.2. The number of nitrogens with one attached hydrogen (secondary N) is 2. The molecule has 0 bridgehead atoms. The number of hydrogen-bond donors (Lipinski definition) is 2. The quantitative estimate of drug-likeness (QED) is 0.744. The molecule has 3 nitrogen and oxygen atoms in total. The van der Waals surface area contributed by atoms with Crippen molar-refractivity contribution in [2.24, 2.45) is 5.92 Å². The minimum atomic E-state index is 0.0300. The van der Waals surface area contributed by atoms with E-state index in [9.17, 15) is 4.79 Å². The van der Waals surface area contributed by atoms with Gasteiger partial charge < -0.3 is 10.6 Å². The maximum Gasteiger partial charge on any atom is 0.233 e. The Morgan fingerprint density at radius 2 is 2.08 bits per heavy atom. The van der Waals surface area contributed by atoms with Crippen molar-refractivity contribution in [1.82, 2.24) is 10.6 Å². The summed E-state index contributed by atoms with van der Waals surface area (Å²) in [7, 11) is 0. The number of halogens is 1. The van der Waals surface area contributed by atoms with Gasteiger partial charge in [0.25, 0.3) is 0 Å². The highest BCUT2D eigenvalue weighted by Gasteiger charge is 2.00. The lowest BCUT2D eigenvalue weighted by Crippen LogP contribution is -2.36. The molecular formula is C9H17BrN2O. The monoisotopic (exact) mass is 248 g/mol. The first-order valence-electron chi connectivity index (χ1n) is 4.33. The summed E-state index contributed by atoms with van der Waals surface area (Å²) in [6.07, 6.45) is 0. The second-order valence-electron chi connectivity index (χ2n) is 3.32. The normalized spacial score (nSPS) is 10.2. The van der Waals surface area contributed by atoms with Crippen LogP contribution in [0.4, 0.5) is 0 Å². The summed E-state index contributed by atoms with van der Waals surface area (Å²) >= 11 is 3.20. The third-order valence-electron chi connectivity index (χ3n) is 1.31. The van der Waals surface area contributed by atoms with Crippen LogP contribution in [0.25, 0.3) is 0 Å². The van der Waals surface area contributed by atoms with E-state index < -0.39 is 0 Å². The van der Waals surface area contributed by atoms with E-state index in [-0.39, 0.29) is 5.91 Å². The molecule has 0 saturated carbocycles. The minimum absolute atomic E-state index is 0.0300. The predicted molar refractivity (Wildman–Crippen MR) is 58.8 cm³/mol. The van der Waals surface area contributed by atoms with Crippen LogP contribution in [0.5, 0.6) is 0 Å². The molecule has 13 heavy (non-hydrogen) atoms. The van der Waals surface area contributed by atoms with Crippen molar-refractivity contribution in [3.63, 3.8) is 0 Å². The van der Waals surface area contributed by atoms with Crippen molar-refractivity contribution in [3.8, 4) is 0 Å². The zero-order valence-corrected chi connectivity index (χ0v) is 9.78. The molecule has 0 aliphatic carbocycles. The summed E-state index contributed by atoms with van der Waals surface area (Å²) in [6.45, 7) is 9.47. The largest absolute Gasteiger partial charge is 0.355 e. The Hall–Kier alpha value is -0.350. The molecule has 0 aromatic rings. The molecule has 0 aromatic carbocycles. The first-order chi connectivity index (χ1) is 6.02. The highest BCUT2D eigenvalue weighted by atomic mass is 79.9. The topological polar surface area (TPSA) is 41.1 Å². The summed E-state index contributed by atoms with van der Waals surface area (Å²) in [5.74, 6) is 0.526. The zero-order chi connectivity index (χ0) is 10.3. The third-order valence-corrected chi connectivity index (χ3v) is 1.59. The van der Waals surface area contributed by atoms with Crippen molar-refractivity contribution < 1.29 is 4.79 Å². The number of hydrogen-bond acceptors (Lipinski definition) is 2. The molecule has 0 heterocycles. The van der Waals surface area contributed by atoms with E-state index in [1.165, 1.54) is 0 Å². The smallest absolute Gasteiger partial charge is 0.233 e. The Bertz CT molecular complexity index is 180. The lowest BCUT2D eigenvalue weighted by Gasteiger charge is -2.07. The molecule has 76 valence electrons. The fourth-order valence-electron chi connectivity index (χ4n) is 0.692. The summed E-state index contributed by atoms with van der Waals surface area (Å²) in [4.78, 5) is 11.1. The van der Waals surface area contributed by atoms with Gasteiger partial charge in [-0.05, 0) is 5.92 Å². The summed E-state index contributed by atoms with van der Waals surface area (Å²) < 4.78 is 0.851. The second kappa shape index (κ2) is 7.09. The predicted octanol–water partition coefficient (Wildman–Crippen LogP) is 1.26.